The van der Waals surface area contributed by atoms with Crippen LogP contribution in [0.2, 0.25) is 0 Å². The van der Waals surface area contributed by atoms with Crippen molar-refractivity contribution in [2.75, 3.05) is 18.5 Å². The number of hydrogen-bond acceptors (Lipinski definition) is 5. The third kappa shape index (κ3) is 3.48. The van der Waals surface area contributed by atoms with E-state index in [9.17, 15) is 9.90 Å². The summed E-state index contributed by atoms with van der Waals surface area (Å²) in [5.41, 5.74) is 5.47. The van der Waals surface area contributed by atoms with Crippen molar-refractivity contribution in [2.24, 2.45) is 0 Å². The molecule has 0 radical (unpaired) electrons. The van der Waals surface area contributed by atoms with E-state index in [4.69, 9.17) is 4.98 Å². The van der Waals surface area contributed by atoms with Crippen molar-refractivity contribution in [3.05, 3.63) is 66.5 Å². The van der Waals surface area contributed by atoms with Gasteiger partial charge in [0.2, 0.25) is 0 Å². The van der Waals surface area contributed by atoms with Crippen LogP contribution in [0.5, 0.6) is 0 Å². The van der Waals surface area contributed by atoms with Gasteiger partial charge < -0.3 is 20.7 Å². The summed E-state index contributed by atoms with van der Waals surface area (Å²) in [6.07, 6.45) is 4.28. The van der Waals surface area contributed by atoms with E-state index in [-0.39, 0.29) is 24.5 Å². The Kier molecular flexibility index (Phi) is 5.37. The van der Waals surface area contributed by atoms with E-state index < -0.39 is 0 Å². The van der Waals surface area contributed by atoms with Crippen LogP contribution in [-0.2, 0) is 0 Å². The van der Waals surface area contributed by atoms with E-state index in [1.54, 1.807) is 6.08 Å². The predicted octanol–water partition coefficient (Wildman–Crippen LogP) is 3.30. The highest BCUT2D eigenvalue weighted by Crippen LogP contribution is 2.34. The van der Waals surface area contributed by atoms with Crippen molar-refractivity contribution in [1.82, 2.24) is 20.3 Å². The van der Waals surface area contributed by atoms with Crippen LogP contribution in [0.15, 0.2) is 49.6 Å². The average molecular weight is 403 g/mol. The van der Waals surface area contributed by atoms with E-state index >= 15 is 0 Å². The molecule has 3 aromatic rings. The van der Waals surface area contributed by atoms with Crippen molar-refractivity contribution >= 4 is 22.8 Å². The second-order valence-corrected chi connectivity index (χ2v) is 7.44. The molecule has 4 N–H and O–H groups in total. The Morgan fingerprint density at radius 2 is 2.17 bits per heavy atom. The number of carbonyl (C=O) groups is 1. The minimum atomic E-state index is -0.316. The van der Waals surface area contributed by atoms with Gasteiger partial charge in [0.15, 0.2) is 0 Å². The minimum absolute atomic E-state index is 0.0749. The maximum absolute atomic E-state index is 12.4. The first-order chi connectivity index (χ1) is 14.5. The molecule has 0 fully saturated rings. The summed E-state index contributed by atoms with van der Waals surface area (Å²) in [6, 6.07) is 7.37. The number of nitrogens with zero attached hydrogens (tertiary/aromatic N) is 2. The fraction of sp³-hybridized carbons (Fsp3) is 0.261. The van der Waals surface area contributed by atoms with E-state index in [1.807, 2.05) is 37.3 Å². The van der Waals surface area contributed by atoms with Gasteiger partial charge in [-0.3, -0.25) is 4.79 Å². The molecule has 2 atom stereocenters. The number of aliphatic hydroxyl groups excluding tert-OH is 1. The van der Waals surface area contributed by atoms with Crippen molar-refractivity contribution in [3.63, 3.8) is 0 Å². The molecule has 1 aliphatic heterocycles. The number of amides is 1. The Hall–Kier alpha value is -3.45. The number of aromatic nitrogens is 3. The van der Waals surface area contributed by atoms with Gasteiger partial charge in [-0.15, -0.1) is 13.2 Å². The molecule has 3 heterocycles. The topological polar surface area (TPSA) is 103 Å². The number of benzene rings is 1. The first kappa shape index (κ1) is 19.8. The fourth-order valence-electron chi connectivity index (χ4n) is 3.82. The average Bonchev–Trinajstić information content (AvgIpc) is 3.20. The Labute approximate surface area is 175 Å². The van der Waals surface area contributed by atoms with Gasteiger partial charge in [0.25, 0.3) is 5.91 Å². The first-order valence-corrected chi connectivity index (χ1v) is 9.95. The fourth-order valence-corrected chi connectivity index (χ4v) is 3.82. The van der Waals surface area contributed by atoms with Crippen LogP contribution in [0.1, 0.15) is 34.1 Å². The summed E-state index contributed by atoms with van der Waals surface area (Å²) in [7, 11) is 0. The molecule has 1 amide bonds. The van der Waals surface area contributed by atoms with E-state index in [0.29, 0.717) is 23.4 Å². The number of carbonyl (C=O) groups excluding carboxylic acids is 1. The van der Waals surface area contributed by atoms with Crippen molar-refractivity contribution in [2.45, 2.75) is 25.3 Å². The van der Waals surface area contributed by atoms with Gasteiger partial charge in [0.05, 0.1) is 29.4 Å². The zero-order valence-electron chi connectivity index (χ0n) is 16.9. The van der Waals surface area contributed by atoms with E-state index in [1.165, 1.54) is 0 Å². The molecule has 1 aromatic carbocycles. The molecule has 0 saturated carbocycles. The summed E-state index contributed by atoms with van der Waals surface area (Å²) >= 11 is 0. The molecular weight excluding hydrogens is 378 g/mol. The summed E-state index contributed by atoms with van der Waals surface area (Å²) in [5, 5.41) is 15.6. The van der Waals surface area contributed by atoms with Crippen LogP contribution in [0.4, 0.5) is 5.82 Å². The van der Waals surface area contributed by atoms with Gasteiger partial charge in [-0.2, -0.15) is 0 Å². The zero-order valence-corrected chi connectivity index (χ0v) is 16.9. The highest BCUT2D eigenvalue weighted by Gasteiger charge is 2.27. The zero-order chi connectivity index (χ0) is 21.3. The Bertz CT molecular complexity index is 1130. The Balaban J connectivity index is 1.83. The minimum Gasteiger partial charge on any atom is -0.394 e. The van der Waals surface area contributed by atoms with Gasteiger partial charge >= 0.3 is 0 Å². The van der Waals surface area contributed by atoms with Gasteiger partial charge in [0, 0.05) is 29.4 Å². The molecule has 2 aromatic heterocycles. The van der Waals surface area contributed by atoms with Crippen molar-refractivity contribution < 1.29 is 9.90 Å². The van der Waals surface area contributed by atoms with Crippen LogP contribution in [0, 0.1) is 6.92 Å². The normalized spacial score (nSPS) is 16.6. The van der Waals surface area contributed by atoms with Crippen LogP contribution in [0.25, 0.3) is 22.3 Å². The highest BCUT2D eigenvalue weighted by molar-refractivity contribution is 6.00. The maximum atomic E-state index is 12.4. The molecule has 7 heteroatoms. The number of para-hydroxylation sites is 1. The summed E-state index contributed by atoms with van der Waals surface area (Å²) in [4.78, 5) is 25.3. The Morgan fingerprint density at radius 1 is 1.33 bits per heavy atom. The number of hydrogen-bond donors (Lipinski definition) is 4. The Morgan fingerprint density at radius 3 is 2.90 bits per heavy atom. The first-order valence-electron chi connectivity index (χ1n) is 9.95. The molecule has 0 saturated heterocycles. The molecule has 7 nitrogen and oxygen atoms in total. The number of nitrogens with one attached hydrogen (secondary N) is 3. The maximum Gasteiger partial charge on any atom is 0.253 e. The summed E-state index contributed by atoms with van der Waals surface area (Å²) in [6.45, 7) is 9.93. The van der Waals surface area contributed by atoms with Crippen LogP contribution in [-0.4, -0.2) is 45.2 Å². The largest absolute Gasteiger partial charge is 0.394 e. The third-order valence-electron chi connectivity index (χ3n) is 5.42. The van der Waals surface area contributed by atoms with E-state index in [2.05, 4.69) is 33.8 Å². The van der Waals surface area contributed by atoms with Gasteiger partial charge in [-0.1, -0.05) is 24.3 Å². The van der Waals surface area contributed by atoms with Crippen molar-refractivity contribution in [1.29, 1.82) is 0 Å². The van der Waals surface area contributed by atoms with Crippen LogP contribution >= 0.6 is 0 Å². The van der Waals surface area contributed by atoms with Crippen LogP contribution < -0.4 is 10.6 Å². The summed E-state index contributed by atoms with van der Waals surface area (Å²) in [5.74, 6) is 0.684. The van der Waals surface area contributed by atoms with Gasteiger partial charge in [-0.05, 0) is 25.5 Å². The molecule has 0 spiro atoms. The monoisotopic (exact) mass is 403 g/mol. The third-order valence-corrected chi connectivity index (χ3v) is 5.42. The second kappa shape index (κ2) is 8.12. The molecule has 4 rings (SSSR count). The summed E-state index contributed by atoms with van der Waals surface area (Å²) < 4.78 is 0. The SMILES string of the molecule is C=CC[C@H]1CNC(=O)c2cc(-c3cccc4nc(C)c(N[C@H](C=C)CO)nc34)[nH]c21. The number of aromatic amines is 1. The standard InChI is InChI=1S/C23H25N5O2/c1-4-7-14-11-24-23(30)17-10-19(27-20(14)17)16-8-6-9-18-21(16)28-22(13(3)25-18)26-15(5-2)12-29/h4-6,8-10,14-15,27,29H,1-2,7,11-12H2,3H3,(H,24,30)(H,26,28)/t14-,15+/m0/s1. The lowest BCUT2D eigenvalue weighted by Crippen LogP contribution is -2.34. The number of anilines is 1. The lowest BCUT2D eigenvalue weighted by Gasteiger charge is -2.21. The number of aliphatic hydroxyl groups is 1. The predicted molar refractivity (Wildman–Crippen MR) is 119 cm³/mol. The lowest BCUT2D eigenvalue weighted by atomic mass is 9.94. The number of aryl methyl sites for hydroxylation is 1. The number of fused-ring (bicyclic) bond motifs is 2. The second-order valence-electron chi connectivity index (χ2n) is 7.44. The smallest absolute Gasteiger partial charge is 0.253 e. The molecular formula is C23H25N5O2. The number of rotatable bonds is 7. The van der Waals surface area contributed by atoms with Crippen molar-refractivity contribution in [3.8, 4) is 11.3 Å². The molecule has 0 unspecified atom stereocenters. The quantitative estimate of drug-likeness (QED) is 0.453. The molecule has 0 bridgehead atoms. The lowest BCUT2D eigenvalue weighted by molar-refractivity contribution is 0.0940. The molecule has 0 aliphatic carbocycles. The molecule has 1 aliphatic rings. The number of H-pyrrole nitrogens is 1. The van der Waals surface area contributed by atoms with E-state index in [0.717, 1.165) is 34.6 Å². The molecule has 154 valence electrons. The van der Waals surface area contributed by atoms with Gasteiger partial charge in [0.1, 0.15) is 11.3 Å². The van der Waals surface area contributed by atoms with Gasteiger partial charge in [-0.25, -0.2) is 9.97 Å². The number of allylic oxidation sites excluding steroid dienone is 1. The highest BCUT2D eigenvalue weighted by atomic mass is 16.3. The molecule has 30 heavy (non-hydrogen) atoms. The van der Waals surface area contributed by atoms with Crippen LogP contribution in [0.3, 0.4) is 0 Å².